The second-order valence-electron chi connectivity index (χ2n) is 2.83. The van der Waals surface area contributed by atoms with Crippen LogP contribution in [0.4, 0.5) is 0 Å². The summed E-state index contributed by atoms with van der Waals surface area (Å²) in [5, 5.41) is 0.334. The van der Waals surface area contributed by atoms with Crippen LogP contribution in [-0.2, 0) is 0 Å². The summed E-state index contributed by atoms with van der Waals surface area (Å²) in [7, 11) is 0. The minimum atomic E-state index is -0.184. The molecule has 0 fully saturated rings. The van der Waals surface area contributed by atoms with Crippen LogP contribution in [0.3, 0.4) is 0 Å². The Labute approximate surface area is 81.5 Å². The summed E-state index contributed by atoms with van der Waals surface area (Å²) >= 11 is 5.80. The molecule has 0 unspecified atom stereocenters. The number of halogens is 1. The number of carbonyl (C=O) groups excluding carboxylic acids is 2. The maximum atomic E-state index is 11.2. The van der Waals surface area contributed by atoms with Crippen LogP contribution < -0.4 is 0 Å². The van der Waals surface area contributed by atoms with Gasteiger partial charge in [-0.05, 0) is 25.5 Å². The van der Waals surface area contributed by atoms with Gasteiger partial charge in [-0.3, -0.25) is 9.59 Å². The normalized spacial score (nSPS) is 9.77. The molecule has 3 heteroatoms. The van der Waals surface area contributed by atoms with E-state index in [0.717, 1.165) is 5.56 Å². The number of hydrogen-bond acceptors (Lipinski definition) is 2. The molecule has 13 heavy (non-hydrogen) atoms. The van der Waals surface area contributed by atoms with Gasteiger partial charge in [0.2, 0.25) is 0 Å². The average molecular weight is 197 g/mol. The number of aldehydes is 1. The van der Waals surface area contributed by atoms with Crippen LogP contribution in [-0.4, -0.2) is 12.1 Å². The van der Waals surface area contributed by atoms with E-state index < -0.39 is 0 Å². The molecule has 0 saturated heterocycles. The Balaban J connectivity index is 3.52. The van der Waals surface area contributed by atoms with Crippen LogP contribution in [0.15, 0.2) is 12.1 Å². The molecule has 0 bridgehead atoms. The predicted molar refractivity (Wildman–Crippen MR) is 51.6 cm³/mol. The highest BCUT2D eigenvalue weighted by atomic mass is 35.5. The van der Waals surface area contributed by atoms with Gasteiger partial charge in [0.05, 0.1) is 5.02 Å². The topological polar surface area (TPSA) is 34.1 Å². The fraction of sp³-hybridized carbons (Fsp3) is 0.200. The third kappa shape index (κ3) is 1.78. The molecule has 0 N–H and O–H groups in total. The molecule has 1 rings (SSSR count). The van der Waals surface area contributed by atoms with Crippen molar-refractivity contribution in [3.8, 4) is 0 Å². The lowest BCUT2D eigenvalue weighted by atomic mass is 10.0. The van der Waals surface area contributed by atoms with Crippen molar-refractivity contribution in [1.82, 2.24) is 0 Å². The first-order chi connectivity index (χ1) is 6.07. The molecule has 0 aromatic heterocycles. The molecule has 0 spiro atoms. The van der Waals surface area contributed by atoms with Crippen LogP contribution in [0.25, 0.3) is 0 Å². The molecule has 0 aliphatic carbocycles. The van der Waals surface area contributed by atoms with Crippen molar-refractivity contribution in [2.45, 2.75) is 13.8 Å². The van der Waals surface area contributed by atoms with E-state index in [1.54, 1.807) is 19.1 Å². The highest BCUT2D eigenvalue weighted by Gasteiger charge is 2.12. The van der Waals surface area contributed by atoms with E-state index in [0.29, 0.717) is 22.4 Å². The maximum Gasteiger partial charge on any atom is 0.162 e. The lowest BCUT2D eigenvalue weighted by molar-refractivity contribution is 0.100. The lowest BCUT2D eigenvalue weighted by Crippen LogP contribution is -2.02. The standard InChI is InChI=1S/C10H9ClO2/c1-6-3-4-9(11)10(7(2)13)8(6)5-12/h3-5H,1-2H3. The largest absolute Gasteiger partial charge is 0.298 e. The van der Waals surface area contributed by atoms with Crippen molar-refractivity contribution in [2.75, 3.05) is 0 Å². The number of aryl methyl sites for hydroxylation is 1. The highest BCUT2D eigenvalue weighted by Crippen LogP contribution is 2.22. The molecule has 0 heterocycles. The Kier molecular flexibility index (Phi) is 2.83. The third-order valence-corrected chi connectivity index (χ3v) is 2.20. The van der Waals surface area contributed by atoms with E-state index in [9.17, 15) is 9.59 Å². The van der Waals surface area contributed by atoms with Crippen molar-refractivity contribution >= 4 is 23.7 Å². The van der Waals surface area contributed by atoms with Crippen LogP contribution >= 0.6 is 11.6 Å². The fourth-order valence-electron chi connectivity index (χ4n) is 1.21. The fourth-order valence-corrected chi connectivity index (χ4v) is 1.50. The summed E-state index contributed by atoms with van der Waals surface area (Å²) in [4.78, 5) is 21.8. The molecule has 0 saturated carbocycles. The van der Waals surface area contributed by atoms with Crippen molar-refractivity contribution in [1.29, 1.82) is 0 Å². The van der Waals surface area contributed by atoms with Gasteiger partial charge in [0, 0.05) is 11.1 Å². The van der Waals surface area contributed by atoms with Gasteiger partial charge in [-0.2, -0.15) is 0 Å². The van der Waals surface area contributed by atoms with Crippen LogP contribution in [0, 0.1) is 6.92 Å². The average Bonchev–Trinajstić information content (AvgIpc) is 2.07. The highest BCUT2D eigenvalue weighted by molar-refractivity contribution is 6.34. The molecular weight excluding hydrogens is 188 g/mol. The van der Waals surface area contributed by atoms with Gasteiger partial charge in [-0.15, -0.1) is 0 Å². The third-order valence-electron chi connectivity index (χ3n) is 1.88. The smallest absolute Gasteiger partial charge is 0.162 e. The Hall–Kier alpha value is -1.15. The summed E-state index contributed by atoms with van der Waals surface area (Å²) in [5.74, 6) is -0.184. The van der Waals surface area contributed by atoms with Crippen LogP contribution in [0.1, 0.15) is 33.2 Å². The molecule has 1 aromatic carbocycles. The molecule has 68 valence electrons. The molecule has 0 aliphatic heterocycles. The molecule has 1 aromatic rings. The first-order valence-electron chi connectivity index (χ1n) is 3.83. The summed E-state index contributed by atoms with van der Waals surface area (Å²) < 4.78 is 0. The molecule has 2 nitrogen and oxygen atoms in total. The summed E-state index contributed by atoms with van der Waals surface area (Å²) in [6.45, 7) is 3.17. The Bertz CT molecular complexity index is 369. The van der Waals surface area contributed by atoms with Gasteiger partial charge in [0.25, 0.3) is 0 Å². The van der Waals surface area contributed by atoms with Crippen LogP contribution in [0.2, 0.25) is 5.02 Å². The van der Waals surface area contributed by atoms with Crippen molar-refractivity contribution in [3.05, 3.63) is 33.8 Å². The zero-order valence-corrected chi connectivity index (χ0v) is 8.18. The minimum absolute atomic E-state index is 0.184. The number of hydrogen-bond donors (Lipinski definition) is 0. The minimum Gasteiger partial charge on any atom is -0.298 e. The van der Waals surface area contributed by atoms with E-state index >= 15 is 0 Å². The Morgan fingerprint density at radius 2 is 2.08 bits per heavy atom. The Morgan fingerprint density at radius 1 is 1.46 bits per heavy atom. The van der Waals surface area contributed by atoms with E-state index in [4.69, 9.17) is 11.6 Å². The van der Waals surface area contributed by atoms with E-state index in [2.05, 4.69) is 0 Å². The number of Topliss-reactive ketones (excluding diaryl/α,β-unsaturated/α-hetero) is 1. The summed E-state index contributed by atoms with van der Waals surface area (Å²) in [6.07, 6.45) is 0.665. The van der Waals surface area contributed by atoms with Crippen LogP contribution in [0.5, 0.6) is 0 Å². The maximum absolute atomic E-state index is 11.2. The van der Waals surface area contributed by atoms with Gasteiger partial charge in [0.15, 0.2) is 12.1 Å². The zero-order valence-electron chi connectivity index (χ0n) is 7.43. The van der Waals surface area contributed by atoms with Gasteiger partial charge < -0.3 is 0 Å². The van der Waals surface area contributed by atoms with Crippen molar-refractivity contribution in [3.63, 3.8) is 0 Å². The molecule has 0 radical (unpaired) electrons. The van der Waals surface area contributed by atoms with Crippen molar-refractivity contribution in [2.24, 2.45) is 0 Å². The summed E-state index contributed by atoms with van der Waals surface area (Å²) in [6, 6.07) is 3.35. The SMILES string of the molecule is CC(=O)c1c(Cl)ccc(C)c1C=O. The molecular formula is C10H9ClO2. The number of rotatable bonds is 2. The monoisotopic (exact) mass is 196 g/mol. The first kappa shape index (κ1) is 9.93. The van der Waals surface area contributed by atoms with E-state index in [1.807, 2.05) is 0 Å². The second-order valence-corrected chi connectivity index (χ2v) is 3.23. The van der Waals surface area contributed by atoms with Gasteiger partial charge in [-0.25, -0.2) is 0 Å². The van der Waals surface area contributed by atoms with Gasteiger partial charge in [-0.1, -0.05) is 17.7 Å². The van der Waals surface area contributed by atoms with Gasteiger partial charge >= 0.3 is 0 Å². The quantitative estimate of drug-likeness (QED) is 0.538. The van der Waals surface area contributed by atoms with Gasteiger partial charge in [0.1, 0.15) is 0 Å². The second kappa shape index (κ2) is 3.71. The zero-order chi connectivity index (χ0) is 10.0. The molecule has 0 atom stereocenters. The first-order valence-corrected chi connectivity index (χ1v) is 4.21. The number of benzene rings is 1. The number of carbonyl (C=O) groups is 2. The number of ketones is 1. The predicted octanol–water partition coefficient (Wildman–Crippen LogP) is 2.66. The van der Waals surface area contributed by atoms with E-state index in [-0.39, 0.29) is 5.78 Å². The Morgan fingerprint density at radius 3 is 2.46 bits per heavy atom. The van der Waals surface area contributed by atoms with Crippen molar-refractivity contribution < 1.29 is 9.59 Å². The lowest BCUT2D eigenvalue weighted by Gasteiger charge is -2.05. The van der Waals surface area contributed by atoms with E-state index in [1.165, 1.54) is 6.92 Å². The molecule has 0 aliphatic rings. The summed E-state index contributed by atoms with van der Waals surface area (Å²) in [5.41, 5.74) is 1.47. The molecule has 0 amide bonds.